The summed E-state index contributed by atoms with van der Waals surface area (Å²) in [7, 11) is 0. The Kier molecular flexibility index (Phi) is 3.54. The molecule has 104 valence electrons. The smallest absolute Gasteiger partial charge is 0.153 e. The van der Waals surface area contributed by atoms with Crippen LogP contribution in [0.5, 0.6) is 0 Å². The monoisotopic (exact) mass is 280 g/mol. The number of rotatable bonds is 1. The van der Waals surface area contributed by atoms with Crippen molar-refractivity contribution >= 4 is 23.1 Å². The number of nitrogen functional groups attached to an aromatic ring is 1. The number of pyridine rings is 1. The van der Waals surface area contributed by atoms with Crippen LogP contribution in [0.1, 0.15) is 26.2 Å². The first-order valence-corrected chi connectivity index (χ1v) is 7.45. The minimum Gasteiger partial charge on any atom is -0.396 e. The van der Waals surface area contributed by atoms with Crippen LogP contribution in [0.2, 0.25) is 5.15 Å². The molecule has 2 N–H and O–H groups in total. The number of hydrogen-bond acceptors (Lipinski definition) is 4. The molecule has 5 heteroatoms. The highest BCUT2D eigenvalue weighted by Gasteiger charge is 2.34. The highest BCUT2D eigenvalue weighted by atomic mass is 35.5. The lowest BCUT2D eigenvalue weighted by molar-refractivity contribution is 0.115. The summed E-state index contributed by atoms with van der Waals surface area (Å²) >= 11 is 6.02. The number of nitrogens with two attached hydrogens (primary N) is 1. The maximum atomic E-state index is 6.07. The Hall–Kier alpha value is -1.00. The van der Waals surface area contributed by atoms with E-state index < -0.39 is 0 Å². The van der Waals surface area contributed by atoms with Crippen molar-refractivity contribution < 1.29 is 0 Å². The van der Waals surface area contributed by atoms with Gasteiger partial charge in [-0.25, -0.2) is 4.98 Å². The fourth-order valence-electron chi connectivity index (χ4n) is 3.31. The molecule has 0 saturated carbocycles. The summed E-state index contributed by atoms with van der Waals surface area (Å²) in [6.07, 6.45) is 3.95. The molecule has 2 atom stereocenters. The van der Waals surface area contributed by atoms with Gasteiger partial charge in [-0.05, 0) is 38.4 Å². The molecule has 0 spiro atoms. The van der Waals surface area contributed by atoms with E-state index in [1.165, 1.54) is 25.8 Å². The molecule has 2 aliphatic rings. The van der Waals surface area contributed by atoms with Gasteiger partial charge in [0.15, 0.2) is 5.82 Å². The maximum Gasteiger partial charge on any atom is 0.153 e. The normalized spacial score (nSPS) is 28.2. The zero-order valence-electron chi connectivity index (χ0n) is 11.3. The number of piperidine rings is 1. The second kappa shape index (κ2) is 5.17. The number of fused-ring (bicyclic) bond motifs is 1. The molecule has 0 bridgehead atoms. The van der Waals surface area contributed by atoms with Gasteiger partial charge in [0.25, 0.3) is 0 Å². The Balaban J connectivity index is 1.85. The summed E-state index contributed by atoms with van der Waals surface area (Å²) in [6, 6.07) is 4.68. The van der Waals surface area contributed by atoms with E-state index in [0.717, 1.165) is 24.6 Å². The number of piperazine rings is 1. The topological polar surface area (TPSA) is 45.4 Å². The van der Waals surface area contributed by atoms with E-state index in [0.29, 0.717) is 17.2 Å². The molecule has 4 nitrogen and oxygen atoms in total. The van der Waals surface area contributed by atoms with Crippen molar-refractivity contribution in [3.05, 3.63) is 17.3 Å². The number of anilines is 2. The molecular weight excluding hydrogens is 260 g/mol. The third kappa shape index (κ3) is 2.51. The average Bonchev–Trinajstić information content (AvgIpc) is 2.41. The quantitative estimate of drug-likeness (QED) is 0.803. The van der Waals surface area contributed by atoms with Crippen LogP contribution in [-0.2, 0) is 0 Å². The second-order valence-corrected chi connectivity index (χ2v) is 6.08. The lowest BCUT2D eigenvalue weighted by atomic mass is 9.97. The van der Waals surface area contributed by atoms with Crippen LogP contribution in [0.25, 0.3) is 0 Å². The number of aromatic nitrogens is 1. The van der Waals surface area contributed by atoms with Gasteiger partial charge < -0.3 is 10.6 Å². The molecule has 0 amide bonds. The van der Waals surface area contributed by atoms with Gasteiger partial charge in [0.05, 0.1) is 5.69 Å². The van der Waals surface area contributed by atoms with Gasteiger partial charge in [-0.1, -0.05) is 18.0 Å². The Morgan fingerprint density at radius 2 is 2.16 bits per heavy atom. The third-order valence-corrected chi connectivity index (χ3v) is 4.54. The van der Waals surface area contributed by atoms with Crippen molar-refractivity contribution in [3.63, 3.8) is 0 Å². The van der Waals surface area contributed by atoms with Crippen LogP contribution >= 0.6 is 11.6 Å². The Bertz CT molecular complexity index is 465. The molecule has 2 aliphatic heterocycles. The largest absolute Gasteiger partial charge is 0.396 e. The van der Waals surface area contributed by atoms with E-state index in [9.17, 15) is 0 Å². The lowest BCUT2D eigenvalue weighted by Gasteiger charge is -2.48. The Morgan fingerprint density at radius 1 is 1.32 bits per heavy atom. The molecule has 19 heavy (non-hydrogen) atoms. The second-order valence-electron chi connectivity index (χ2n) is 5.69. The Morgan fingerprint density at radius 3 is 3.00 bits per heavy atom. The predicted octanol–water partition coefficient (Wildman–Crippen LogP) is 2.38. The summed E-state index contributed by atoms with van der Waals surface area (Å²) in [5.74, 6) is 0.852. The molecule has 3 rings (SSSR count). The summed E-state index contributed by atoms with van der Waals surface area (Å²) in [5.41, 5.74) is 6.80. The summed E-state index contributed by atoms with van der Waals surface area (Å²) < 4.78 is 0. The van der Waals surface area contributed by atoms with Crippen LogP contribution in [0, 0.1) is 0 Å². The average molecular weight is 281 g/mol. The number of nitrogens with zero attached hydrogens (tertiary/aromatic N) is 3. The first-order chi connectivity index (χ1) is 9.15. The predicted molar refractivity (Wildman–Crippen MR) is 79.7 cm³/mol. The van der Waals surface area contributed by atoms with Crippen molar-refractivity contribution in [1.82, 2.24) is 9.88 Å². The van der Waals surface area contributed by atoms with Crippen molar-refractivity contribution in [2.75, 3.05) is 30.3 Å². The zero-order valence-corrected chi connectivity index (χ0v) is 12.1. The maximum absolute atomic E-state index is 6.07. The fraction of sp³-hybridized carbons (Fsp3) is 0.643. The summed E-state index contributed by atoms with van der Waals surface area (Å²) in [5, 5.41) is 0.516. The summed E-state index contributed by atoms with van der Waals surface area (Å²) in [6.45, 7) is 5.59. The van der Waals surface area contributed by atoms with Crippen molar-refractivity contribution in [3.8, 4) is 0 Å². The number of hydrogen-bond donors (Lipinski definition) is 1. The van der Waals surface area contributed by atoms with E-state index in [2.05, 4.69) is 21.7 Å². The third-order valence-electron chi connectivity index (χ3n) is 4.33. The molecule has 0 aliphatic carbocycles. The van der Waals surface area contributed by atoms with E-state index in [1.807, 2.05) is 6.07 Å². The van der Waals surface area contributed by atoms with Gasteiger partial charge in [0.1, 0.15) is 5.15 Å². The van der Waals surface area contributed by atoms with E-state index in [-0.39, 0.29) is 0 Å². The molecule has 1 aromatic rings. The molecule has 2 saturated heterocycles. The molecule has 2 unspecified atom stereocenters. The molecule has 0 radical (unpaired) electrons. The first-order valence-electron chi connectivity index (χ1n) is 7.08. The fourth-order valence-corrected chi connectivity index (χ4v) is 3.46. The van der Waals surface area contributed by atoms with Crippen molar-refractivity contribution in [1.29, 1.82) is 0 Å². The van der Waals surface area contributed by atoms with E-state index in [4.69, 9.17) is 17.3 Å². The molecule has 2 fully saturated rings. The lowest BCUT2D eigenvalue weighted by Crippen LogP contribution is -2.59. The highest BCUT2D eigenvalue weighted by molar-refractivity contribution is 6.29. The van der Waals surface area contributed by atoms with Gasteiger partial charge in [0.2, 0.25) is 0 Å². The van der Waals surface area contributed by atoms with Gasteiger partial charge in [-0.3, -0.25) is 4.90 Å². The molecule has 3 heterocycles. The molecule has 0 aromatic carbocycles. The summed E-state index contributed by atoms with van der Waals surface area (Å²) in [4.78, 5) is 9.38. The van der Waals surface area contributed by atoms with Gasteiger partial charge in [-0.2, -0.15) is 0 Å². The minimum absolute atomic E-state index is 0.433. The molecular formula is C14H21ClN4. The minimum atomic E-state index is 0.433. The van der Waals surface area contributed by atoms with Crippen LogP contribution in [-0.4, -0.2) is 41.6 Å². The zero-order chi connectivity index (χ0) is 13.4. The van der Waals surface area contributed by atoms with Crippen molar-refractivity contribution in [2.45, 2.75) is 38.3 Å². The van der Waals surface area contributed by atoms with Crippen LogP contribution in [0.15, 0.2) is 12.1 Å². The van der Waals surface area contributed by atoms with Crippen molar-refractivity contribution in [2.24, 2.45) is 0 Å². The first kappa shape index (κ1) is 13.0. The number of halogens is 1. The van der Waals surface area contributed by atoms with E-state index >= 15 is 0 Å². The Labute approximate surface area is 119 Å². The van der Waals surface area contributed by atoms with E-state index in [1.54, 1.807) is 6.07 Å². The SMILES string of the molecule is CC1CN2CCCCC2CN1c1nc(Cl)ccc1N. The van der Waals surface area contributed by atoms with Crippen LogP contribution < -0.4 is 10.6 Å². The standard InChI is InChI=1S/C14H21ClN4/c1-10-8-18-7-3-2-4-11(18)9-19(10)14-12(16)5-6-13(15)17-14/h5-6,10-11H,2-4,7-9,16H2,1H3. The van der Waals surface area contributed by atoms with Gasteiger partial charge >= 0.3 is 0 Å². The van der Waals surface area contributed by atoms with Gasteiger partial charge in [0, 0.05) is 25.2 Å². The van der Waals surface area contributed by atoms with Crippen LogP contribution in [0.3, 0.4) is 0 Å². The highest BCUT2D eigenvalue weighted by Crippen LogP contribution is 2.30. The van der Waals surface area contributed by atoms with Crippen LogP contribution in [0.4, 0.5) is 11.5 Å². The molecule has 1 aromatic heterocycles. The van der Waals surface area contributed by atoms with Gasteiger partial charge in [-0.15, -0.1) is 0 Å².